The number of carboxylic acid groups (broad SMARTS) is 1. The first-order valence-electron chi connectivity index (χ1n) is 9.84. The fourth-order valence-electron chi connectivity index (χ4n) is 3.18. The molecule has 0 aliphatic carbocycles. The van der Waals surface area contributed by atoms with E-state index in [0.29, 0.717) is 18.4 Å². The molecule has 7 heteroatoms. The lowest BCUT2D eigenvalue weighted by molar-refractivity contribution is -0.137. The van der Waals surface area contributed by atoms with E-state index in [-0.39, 0.29) is 17.1 Å². The third-order valence-corrected chi connectivity index (χ3v) is 6.22. The van der Waals surface area contributed by atoms with E-state index in [2.05, 4.69) is 4.72 Å². The Morgan fingerprint density at radius 3 is 2.34 bits per heavy atom. The van der Waals surface area contributed by atoms with Crippen LogP contribution < -0.4 is 4.72 Å². The molecule has 5 nitrogen and oxygen atoms in total. The van der Waals surface area contributed by atoms with Gasteiger partial charge in [-0.2, -0.15) is 0 Å². The van der Waals surface area contributed by atoms with E-state index < -0.39 is 22.0 Å². The number of aliphatic carboxylic acids is 1. The second kappa shape index (κ2) is 11.1. The van der Waals surface area contributed by atoms with Gasteiger partial charge in [0.2, 0.25) is 10.0 Å². The molecule has 0 radical (unpaired) electrons. The van der Waals surface area contributed by atoms with Gasteiger partial charge in [0, 0.05) is 12.5 Å². The summed E-state index contributed by atoms with van der Waals surface area (Å²) in [6.45, 7) is 1.83. The normalized spacial score (nSPS) is 12.6. The molecule has 0 aliphatic heterocycles. The highest BCUT2D eigenvalue weighted by molar-refractivity contribution is 7.89. The molecule has 0 heterocycles. The van der Waals surface area contributed by atoms with Crippen molar-refractivity contribution in [3.05, 3.63) is 65.5 Å². The molecule has 1 unspecified atom stereocenters. The van der Waals surface area contributed by atoms with Crippen molar-refractivity contribution < 1.29 is 22.7 Å². The van der Waals surface area contributed by atoms with Crippen molar-refractivity contribution in [1.29, 1.82) is 0 Å². The Morgan fingerprint density at radius 1 is 1.03 bits per heavy atom. The topological polar surface area (TPSA) is 83.5 Å². The molecule has 0 saturated carbocycles. The van der Waals surface area contributed by atoms with Gasteiger partial charge in [0.05, 0.1) is 4.90 Å². The molecule has 158 valence electrons. The Bertz CT molecular complexity index is 897. The average molecular weight is 422 g/mol. The van der Waals surface area contributed by atoms with Gasteiger partial charge in [0.25, 0.3) is 0 Å². The van der Waals surface area contributed by atoms with E-state index in [9.17, 15) is 17.6 Å². The van der Waals surface area contributed by atoms with Crippen LogP contribution >= 0.6 is 0 Å². The van der Waals surface area contributed by atoms with Gasteiger partial charge in [0.1, 0.15) is 5.82 Å². The molecule has 0 saturated heterocycles. The Balaban J connectivity index is 2.02. The summed E-state index contributed by atoms with van der Waals surface area (Å²) < 4.78 is 41.7. The van der Waals surface area contributed by atoms with Gasteiger partial charge in [-0.25, -0.2) is 17.5 Å². The number of nitrogens with one attached hydrogen (secondary N) is 1. The van der Waals surface area contributed by atoms with Crippen LogP contribution in [0.4, 0.5) is 4.39 Å². The maximum atomic E-state index is 13.3. The van der Waals surface area contributed by atoms with Gasteiger partial charge in [0.15, 0.2) is 0 Å². The Morgan fingerprint density at radius 2 is 1.69 bits per heavy atom. The van der Waals surface area contributed by atoms with E-state index in [1.54, 1.807) is 30.3 Å². The van der Waals surface area contributed by atoms with Crippen molar-refractivity contribution in [2.45, 2.75) is 62.8 Å². The summed E-state index contributed by atoms with van der Waals surface area (Å²) in [4.78, 5) is 10.7. The monoisotopic (exact) mass is 421 g/mol. The molecule has 0 fully saturated rings. The molecule has 2 aromatic carbocycles. The van der Waals surface area contributed by atoms with Gasteiger partial charge < -0.3 is 5.11 Å². The van der Waals surface area contributed by atoms with E-state index in [0.717, 1.165) is 31.2 Å². The van der Waals surface area contributed by atoms with Crippen LogP contribution in [0.2, 0.25) is 0 Å². The highest BCUT2D eigenvalue weighted by Gasteiger charge is 2.21. The largest absolute Gasteiger partial charge is 0.481 e. The van der Waals surface area contributed by atoms with E-state index >= 15 is 0 Å². The number of carboxylic acids is 1. The van der Waals surface area contributed by atoms with E-state index in [4.69, 9.17) is 5.11 Å². The van der Waals surface area contributed by atoms with Crippen LogP contribution in [0.5, 0.6) is 0 Å². The predicted octanol–water partition coefficient (Wildman–Crippen LogP) is 4.97. The first kappa shape index (κ1) is 23.0. The summed E-state index contributed by atoms with van der Waals surface area (Å²) in [6.07, 6.45) is 4.80. The minimum absolute atomic E-state index is 0.175. The van der Waals surface area contributed by atoms with Crippen molar-refractivity contribution in [2.24, 2.45) is 0 Å². The molecule has 0 amide bonds. The molecule has 2 N–H and O–H groups in total. The third-order valence-electron chi connectivity index (χ3n) is 4.75. The number of rotatable bonds is 12. The fraction of sp³-hybridized carbons (Fsp3) is 0.409. The Kier molecular flexibility index (Phi) is 8.79. The Hall–Kier alpha value is -2.25. The van der Waals surface area contributed by atoms with Crippen LogP contribution in [0.25, 0.3) is 0 Å². The molecule has 2 rings (SSSR count). The summed E-state index contributed by atoms with van der Waals surface area (Å²) >= 11 is 0. The summed E-state index contributed by atoms with van der Waals surface area (Å²) in [6, 6.07) is 12.1. The number of unbranched alkanes of at least 4 members (excludes halogenated alkanes) is 4. The number of sulfonamides is 1. The second-order valence-electron chi connectivity index (χ2n) is 7.24. The standard InChI is InChI=1S/C22H28FNO4S/c1-17-8-7-9-20(16-17)29(27,28)24-21(18-12-14-19(23)15-13-18)10-5-3-2-4-6-11-22(25)26/h7-9,12-16,21,24H,2-6,10-11H2,1H3,(H,25,26). The number of hydrogen-bond acceptors (Lipinski definition) is 3. The first-order valence-corrected chi connectivity index (χ1v) is 11.3. The number of halogens is 1. The minimum Gasteiger partial charge on any atom is -0.481 e. The van der Waals surface area contributed by atoms with E-state index in [1.807, 2.05) is 13.0 Å². The average Bonchev–Trinajstić information content (AvgIpc) is 2.66. The van der Waals surface area contributed by atoms with Crippen LogP contribution in [0.15, 0.2) is 53.4 Å². The molecule has 0 aromatic heterocycles. The smallest absolute Gasteiger partial charge is 0.303 e. The molecule has 0 aliphatic rings. The van der Waals surface area contributed by atoms with E-state index in [1.165, 1.54) is 12.1 Å². The fourth-order valence-corrected chi connectivity index (χ4v) is 4.54. The summed E-state index contributed by atoms with van der Waals surface area (Å²) in [5.41, 5.74) is 1.57. The number of carbonyl (C=O) groups is 1. The summed E-state index contributed by atoms with van der Waals surface area (Å²) in [7, 11) is -3.71. The molecule has 29 heavy (non-hydrogen) atoms. The Labute approximate surface area is 172 Å². The number of aryl methyl sites for hydroxylation is 1. The van der Waals surface area contributed by atoms with Gasteiger partial charge >= 0.3 is 5.97 Å². The van der Waals surface area contributed by atoms with Crippen LogP contribution in [-0.4, -0.2) is 19.5 Å². The molecule has 0 spiro atoms. The van der Waals surface area contributed by atoms with Gasteiger partial charge in [-0.1, -0.05) is 49.9 Å². The van der Waals surface area contributed by atoms with Crippen LogP contribution in [0, 0.1) is 12.7 Å². The number of hydrogen-bond donors (Lipinski definition) is 2. The molecule has 0 bridgehead atoms. The van der Waals surface area contributed by atoms with Gasteiger partial charge in [-0.05, 0) is 55.2 Å². The van der Waals surface area contributed by atoms with Crippen molar-refractivity contribution in [3.63, 3.8) is 0 Å². The first-order chi connectivity index (χ1) is 13.8. The maximum Gasteiger partial charge on any atom is 0.303 e. The van der Waals surface area contributed by atoms with Crippen molar-refractivity contribution in [3.8, 4) is 0 Å². The predicted molar refractivity (Wildman–Crippen MR) is 111 cm³/mol. The highest BCUT2D eigenvalue weighted by Crippen LogP contribution is 2.24. The zero-order valence-corrected chi connectivity index (χ0v) is 17.4. The third kappa shape index (κ3) is 7.95. The lowest BCUT2D eigenvalue weighted by atomic mass is 10.0. The SMILES string of the molecule is Cc1cccc(S(=O)(=O)NC(CCCCCCCC(=O)O)c2ccc(F)cc2)c1. The summed E-state index contributed by atoms with van der Waals surface area (Å²) in [5.74, 6) is -1.15. The lowest BCUT2D eigenvalue weighted by Gasteiger charge is -2.20. The molecular formula is C22H28FNO4S. The minimum atomic E-state index is -3.71. The maximum absolute atomic E-state index is 13.3. The summed E-state index contributed by atoms with van der Waals surface area (Å²) in [5, 5.41) is 8.66. The second-order valence-corrected chi connectivity index (χ2v) is 8.96. The van der Waals surface area contributed by atoms with Crippen LogP contribution in [0.3, 0.4) is 0 Å². The molecule has 2 aromatic rings. The van der Waals surface area contributed by atoms with Crippen LogP contribution in [-0.2, 0) is 14.8 Å². The highest BCUT2D eigenvalue weighted by atomic mass is 32.2. The molecular weight excluding hydrogens is 393 g/mol. The lowest BCUT2D eigenvalue weighted by Crippen LogP contribution is -2.28. The van der Waals surface area contributed by atoms with Crippen molar-refractivity contribution >= 4 is 16.0 Å². The zero-order valence-electron chi connectivity index (χ0n) is 16.6. The quantitative estimate of drug-likeness (QED) is 0.474. The number of benzene rings is 2. The van der Waals surface area contributed by atoms with Crippen molar-refractivity contribution in [1.82, 2.24) is 4.72 Å². The zero-order chi connectivity index (χ0) is 21.3. The molecule has 1 atom stereocenters. The van der Waals surface area contributed by atoms with Gasteiger partial charge in [-0.15, -0.1) is 0 Å². The van der Waals surface area contributed by atoms with Gasteiger partial charge in [-0.3, -0.25) is 4.79 Å². The van der Waals surface area contributed by atoms with Crippen molar-refractivity contribution in [2.75, 3.05) is 0 Å². The van der Waals surface area contributed by atoms with Crippen LogP contribution in [0.1, 0.15) is 62.1 Å².